The second kappa shape index (κ2) is 9.77. The van der Waals surface area contributed by atoms with Gasteiger partial charge in [0.1, 0.15) is 0 Å². The van der Waals surface area contributed by atoms with E-state index in [1.807, 2.05) is 25.1 Å². The van der Waals surface area contributed by atoms with Gasteiger partial charge < -0.3 is 10.4 Å². The Labute approximate surface area is 145 Å². The Morgan fingerprint density at radius 3 is 2.38 bits per heavy atom. The molecule has 134 valence electrons. The zero-order valence-corrected chi connectivity index (χ0v) is 14.9. The van der Waals surface area contributed by atoms with E-state index in [4.69, 9.17) is 0 Å². The average Bonchev–Trinajstić information content (AvgIpc) is 2.63. The first-order valence-electron chi connectivity index (χ1n) is 9.06. The Bertz CT molecular complexity index is 483. The number of piperazine rings is 1. The standard InChI is InChI=1S/C19H31N3O2/c1-3-18(15-23)22-13-11-21(12-14-22)16(2)19(24)20-10-9-17-7-5-4-6-8-17/h4-8,16,18,23H,3,9-15H2,1-2H3,(H,20,24). The van der Waals surface area contributed by atoms with Gasteiger partial charge in [0.25, 0.3) is 0 Å². The first-order chi connectivity index (χ1) is 11.7. The van der Waals surface area contributed by atoms with E-state index < -0.39 is 0 Å². The first kappa shape index (κ1) is 18.9. The predicted octanol–water partition coefficient (Wildman–Crippen LogP) is 1.12. The molecule has 2 atom stereocenters. The number of hydrogen-bond acceptors (Lipinski definition) is 4. The number of nitrogens with one attached hydrogen (secondary N) is 1. The van der Waals surface area contributed by atoms with E-state index in [-0.39, 0.29) is 24.6 Å². The fraction of sp³-hybridized carbons (Fsp3) is 0.632. The fourth-order valence-electron chi connectivity index (χ4n) is 3.28. The van der Waals surface area contributed by atoms with Crippen LogP contribution in [0.3, 0.4) is 0 Å². The van der Waals surface area contributed by atoms with Crippen molar-refractivity contribution in [3.63, 3.8) is 0 Å². The summed E-state index contributed by atoms with van der Waals surface area (Å²) in [4.78, 5) is 16.9. The zero-order valence-electron chi connectivity index (χ0n) is 14.9. The lowest BCUT2D eigenvalue weighted by Gasteiger charge is -2.40. The number of benzene rings is 1. The Hall–Kier alpha value is -1.43. The molecule has 2 rings (SSSR count). The van der Waals surface area contributed by atoms with Gasteiger partial charge in [-0.1, -0.05) is 37.3 Å². The van der Waals surface area contributed by atoms with Gasteiger partial charge in [0, 0.05) is 38.8 Å². The lowest BCUT2D eigenvalue weighted by atomic mass is 10.1. The van der Waals surface area contributed by atoms with Crippen molar-refractivity contribution in [2.45, 2.75) is 38.8 Å². The van der Waals surface area contributed by atoms with Crippen LogP contribution in [0.5, 0.6) is 0 Å². The van der Waals surface area contributed by atoms with Gasteiger partial charge in [-0.3, -0.25) is 14.6 Å². The van der Waals surface area contributed by atoms with Crippen LogP contribution in [-0.2, 0) is 11.2 Å². The van der Waals surface area contributed by atoms with Gasteiger partial charge >= 0.3 is 0 Å². The number of rotatable bonds is 8. The number of carbonyl (C=O) groups excluding carboxylic acids is 1. The number of aliphatic hydroxyl groups is 1. The molecule has 1 aromatic carbocycles. The quantitative estimate of drug-likeness (QED) is 0.749. The minimum atomic E-state index is -0.0999. The minimum absolute atomic E-state index is 0.0999. The Morgan fingerprint density at radius 1 is 1.17 bits per heavy atom. The predicted molar refractivity (Wildman–Crippen MR) is 96.9 cm³/mol. The molecule has 0 aliphatic carbocycles. The fourth-order valence-corrected chi connectivity index (χ4v) is 3.28. The summed E-state index contributed by atoms with van der Waals surface area (Å²) in [5, 5.41) is 12.5. The van der Waals surface area contributed by atoms with Crippen LogP contribution >= 0.6 is 0 Å². The molecule has 0 radical (unpaired) electrons. The minimum Gasteiger partial charge on any atom is -0.395 e. The second-order valence-electron chi connectivity index (χ2n) is 6.52. The molecule has 5 heteroatoms. The molecule has 5 nitrogen and oxygen atoms in total. The molecule has 1 amide bonds. The van der Waals surface area contributed by atoms with Crippen LogP contribution in [0.15, 0.2) is 30.3 Å². The summed E-state index contributed by atoms with van der Waals surface area (Å²) >= 11 is 0. The summed E-state index contributed by atoms with van der Waals surface area (Å²) in [5.74, 6) is 0.105. The molecule has 24 heavy (non-hydrogen) atoms. The molecular weight excluding hydrogens is 302 g/mol. The molecule has 1 aliphatic rings. The molecule has 1 aliphatic heterocycles. The Kier molecular flexibility index (Phi) is 7.69. The molecule has 0 spiro atoms. The van der Waals surface area contributed by atoms with Crippen LogP contribution in [0.4, 0.5) is 0 Å². The molecule has 0 aromatic heterocycles. The number of hydrogen-bond donors (Lipinski definition) is 2. The van der Waals surface area contributed by atoms with Gasteiger partial charge in [0.2, 0.25) is 5.91 Å². The van der Waals surface area contributed by atoms with Crippen LogP contribution in [0.1, 0.15) is 25.8 Å². The SMILES string of the molecule is CCC(CO)N1CCN(C(C)C(=O)NCCc2ccccc2)CC1. The smallest absolute Gasteiger partial charge is 0.237 e. The molecule has 1 saturated heterocycles. The van der Waals surface area contributed by atoms with Gasteiger partial charge in [-0.15, -0.1) is 0 Å². The molecule has 1 heterocycles. The van der Waals surface area contributed by atoms with Gasteiger partial charge in [0.15, 0.2) is 0 Å². The molecular formula is C19H31N3O2. The summed E-state index contributed by atoms with van der Waals surface area (Å²) in [6.07, 6.45) is 1.83. The normalized spacial score (nSPS) is 19.0. The third kappa shape index (κ3) is 5.30. The first-order valence-corrected chi connectivity index (χ1v) is 9.06. The molecule has 0 bridgehead atoms. The molecule has 1 fully saturated rings. The molecule has 2 unspecified atom stereocenters. The van der Waals surface area contributed by atoms with Gasteiger partial charge in [-0.2, -0.15) is 0 Å². The summed E-state index contributed by atoms with van der Waals surface area (Å²) in [6, 6.07) is 10.4. The maximum absolute atomic E-state index is 12.4. The summed E-state index contributed by atoms with van der Waals surface area (Å²) in [5.41, 5.74) is 1.24. The van der Waals surface area contributed by atoms with E-state index in [0.717, 1.165) is 39.0 Å². The van der Waals surface area contributed by atoms with Crippen molar-refractivity contribution < 1.29 is 9.90 Å². The van der Waals surface area contributed by atoms with Crippen molar-refractivity contribution in [1.82, 2.24) is 15.1 Å². The van der Waals surface area contributed by atoms with Crippen LogP contribution in [0.25, 0.3) is 0 Å². The topological polar surface area (TPSA) is 55.8 Å². The maximum atomic E-state index is 12.4. The van der Waals surface area contributed by atoms with E-state index >= 15 is 0 Å². The van der Waals surface area contributed by atoms with Gasteiger partial charge in [-0.05, 0) is 25.3 Å². The number of amides is 1. The van der Waals surface area contributed by atoms with Gasteiger partial charge in [0.05, 0.1) is 12.6 Å². The summed E-state index contributed by atoms with van der Waals surface area (Å²) in [6.45, 7) is 8.57. The highest BCUT2D eigenvalue weighted by Gasteiger charge is 2.27. The van der Waals surface area contributed by atoms with Crippen molar-refractivity contribution in [2.75, 3.05) is 39.3 Å². The third-order valence-electron chi connectivity index (χ3n) is 5.03. The van der Waals surface area contributed by atoms with Crippen LogP contribution < -0.4 is 5.32 Å². The number of nitrogens with zero attached hydrogens (tertiary/aromatic N) is 2. The number of aliphatic hydroxyl groups excluding tert-OH is 1. The third-order valence-corrected chi connectivity index (χ3v) is 5.03. The second-order valence-corrected chi connectivity index (χ2v) is 6.52. The maximum Gasteiger partial charge on any atom is 0.237 e. The number of carbonyl (C=O) groups is 1. The Balaban J connectivity index is 1.71. The molecule has 0 saturated carbocycles. The lowest BCUT2D eigenvalue weighted by Crippen LogP contribution is -2.56. The van der Waals surface area contributed by atoms with Crippen molar-refractivity contribution in [1.29, 1.82) is 0 Å². The van der Waals surface area contributed by atoms with Gasteiger partial charge in [-0.25, -0.2) is 0 Å². The summed E-state index contributed by atoms with van der Waals surface area (Å²) in [7, 11) is 0. The van der Waals surface area contributed by atoms with Crippen molar-refractivity contribution in [2.24, 2.45) is 0 Å². The zero-order chi connectivity index (χ0) is 17.4. The summed E-state index contributed by atoms with van der Waals surface area (Å²) < 4.78 is 0. The highest BCUT2D eigenvalue weighted by molar-refractivity contribution is 5.81. The molecule has 1 aromatic rings. The van der Waals surface area contributed by atoms with Crippen molar-refractivity contribution in [3.05, 3.63) is 35.9 Å². The lowest BCUT2D eigenvalue weighted by molar-refractivity contribution is -0.126. The van der Waals surface area contributed by atoms with E-state index in [0.29, 0.717) is 6.54 Å². The molecule has 2 N–H and O–H groups in total. The monoisotopic (exact) mass is 333 g/mol. The highest BCUT2D eigenvalue weighted by atomic mass is 16.3. The largest absolute Gasteiger partial charge is 0.395 e. The van der Waals surface area contributed by atoms with Crippen LogP contribution in [0.2, 0.25) is 0 Å². The van der Waals surface area contributed by atoms with E-state index in [9.17, 15) is 9.90 Å². The van der Waals surface area contributed by atoms with E-state index in [1.165, 1.54) is 5.56 Å². The average molecular weight is 333 g/mol. The van der Waals surface area contributed by atoms with E-state index in [1.54, 1.807) is 0 Å². The van der Waals surface area contributed by atoms with Crippen LogP contribution in [0, 0.1) is 0 Å². The highest BCUT2D eigenvalue weighted by Crippen LogP contribution is 2.11. The Morgan fingerprint density at radius 2 is 1.79 bits per heavy atom. The van der Waals surface area contributed by atoms with Crippen molar-refractivity contribution in [3.8, 4) is 0 Å². The van der Waals surface area contributed by atoms with Crippen molar-refractivity contribution >= 4 is 5.91 Å². The van der Waals surface area contributed by atoms with E-state index in [2.05, 4.69) is 34.2 Å². The van der Waals surface area contributed by atoms with Crippen LogP contribution in [-0.4, -0.2) is 72.2 Å².